The third kappa shape index (κ3) is 6.89. The lowest BCUT2D eigenvalue weighted by Gasteiger charge is -2.04. The van der Waals surface area contributed by atoms with Crippen molar-refractivity contribution in [3.63, 3.8) is 0 Å². The lowest BCUT2D eigenvalue weighted by Crippen LogP contribution is -1.95. The highest BCUT2D eigenvalue weighted by molar-refractivity contribution is 5.92. The zero-order valence-electron chi connectivity index (χ0n) is 18.1. The van der Waals surface area contributed by atoms with Gasteiger partial charge in [-0.2, -0.15) is 4.98 Å². The van der Waals surface area contributed by atoms with Crippen LogP contribution in [0.5, 0.6) is 0 Å². The van der Waals surface area contributed by atoms with Gasteiger partial charge >= 0.3 is 0 Å². The predicted octanol–water partition coefficient (Wildman–Crippen LogP) is 6.17. The molecule has 3 rings (SSSR count). The summed E-state index contributed by atoms with van der Waals surface area (Å²) in [5, 5.41) is 3.88. The Kier molecular flexibility index (Phi) is 9.85. The molecule has 29 heavy (non-hydrogen) atoms. The molecular weight excluding hydrogens is 374 g/mol. The Morgan fingerprint density at radius 2 is 1.86 bits per heavy atom. The van der Waals surface area contributed by atoms with Crippen LogP contribution in [0.4, 0.5) is 20.4 Å². The molecule has 0 aliphatic rings. The summed E-state index contributed by atoms with van der Waals surface area (Å²) in [5.74, 6) is 0.591. The van der Waals surface area contributed by atoms with E-state index in [0.29, 0.717) is 5.95 Å². The van der Waals surface area contributed by atoms with Crippen molar-refractivity contribution in [2.45, 2.75) is 54.4 Å². The second-order valence-corrected chi connectivity index (χ2v) is 6.07. The Morgan fingerprint density at radius 3 is 2.38 bits per heavy atom. The number of hydrogen-bond donors (Lipinski definition) is 2. The van der Waals surface area contributed by atoms with Crippen molar-refractivity contribution in [2.75, 3.05) is 12.4 Å². The number of aromatic nitrogens is 4. The summed E-state index contributed by atoms with van der Waals surface area (Å²) in [6, 6.07) is 3.97. The number of alkyl halides is 2. The van der Waals surface area contributed by atoms with E-state index in [9.17, 15) is 8.78 Å². The molecule has 0 fully saturated rings. The number of aliphatic imine (C=N–C) groups is 1. The molecule has 3 aromatic heterocycles. The van der Waals surface area contributed by atoms with Crippen molar-refractivity contribution in [1.82, 2.24) is 19.9 Å². The van der Waals surface area contributed by atoms with E-state index < -0.39 is 6.43 Å². The van der Waals surface area contributed by atoms with Crippen LogP contribution >= 0.6 is 0 Å². The molecule has 0 aliphatic carbocycles. The third-order valence-electron chi connectivity index (χ3n) is 3.64. The first-order valence-electron chi connectivity index (χ1n) is 9.65. The molecule has 3 aromatic rings. The van der Waals surface area contributed by atoms with Gasteiger partial charge in [-0.25, -0.2) is 13.8 Å². The minimum atomic E-state index is -2.12. The van der Waals surface area contributed by atoms with E-state index in [4.69, 9.17) is 0 Å². The quantitative estimate of drug-likeness (QED) is 0.510. The lowest BCUT2D eigenvalue weighted by atomic mass is 10.1. The van der Waals surface area contributed by atoms with E-state index in [1.54, 1.807) is 13.2 Å². The minimum Gasteiger partial charge on any atom is -0.357 e. The first-order chi connectivity index (χ1) is 13.8. The SMILES string of the molecule is CC.CCC(F)F.CNc1ncc2c(-c3ccc(N=C(C)C)c(C)n3)c[nH]c2n1. The highest BCUT2D eigenvalue weighted by Crippen LogP contribution is 2.28. The molecule has 0 bridgehead atoms. The number of hydrogen-bond acceptors (Lipinski definition) is 5. The fraction of sp³-hybridized carbons (Fsp3) is 0.429. The van der Waals surface area contributed by atoms with Crippen molar-refractivity contribution in [3.05, 3.63) is 30.2 Å². The van der Waals surface area contributed by atoms with Gasteiger partial charge in [-0.05, 0) is 32.9 Å². The monoisotopic (exact) mass is 404 g/mol. The zero-order valence-corrected chi connectivity index (χ0v) is 18.1. The number of aromatic amines is 1. The molecular formula is C21H30F2N6. The van der Waals surface area contributed by atoms with Crippen LogP contribution in [0.2, 0.25) is 0 Å². The molecule has 0 amide bonds. The van der Waals surface area contributed by atoms with Crippen LogP contribution < -0.4 is 5.32 Å². The highest BCUT2D eigenvalue weighted by atomic mass is 19.3. The zero-order chi connectivity index (χ0) is 22.0. The maximum atomic E-state index is 10.8. The van der Waals surface area contributed by atoms with Crippen molar-refractivity contribution in [1.29, 1.82) is 0 Å². The molecule has 0 aromatic carbocycles. The number of aryl methyl sites for hydroxylation is 1. The van der Waals surface area contributed by atoms with Gasteiger partial charge in [0, 0.05) is 42.5 Å². The van der Waals surface area contributed by atoms with Crippen molar-refractivity contribution < 1.29 is 8.78 Å². The summed E-state index contributed by atoms with van der Waals surface area (Å²) < 4.78 is 21.5. The maximum Gasteiger partial charge on any atom is 0.238 e. The van der Waals surface area contributed by atoms with Crippen LogP contribution in [-0.2, 0) is 0 Å². The molecule has 0 unspecified atom stereocenters. The van der Waals surface area contributed by atoms with Gasteiger partial charge in [0.25, 0.3) is 0 Å². The smallest absolute Gasteiger partial charge is 0.238 e. The first kappa shape index (κ1) is 24.1. The van der Waals surface area contributed by atoms with E-state index in [-0.39, 0.29) is 6.42 Å². The summed E-state index contributed by atoms with van der Waals surface area (Å²) in [5.41, 5.74) is 5.48. The fourth-order valence-corrected chi connectivity index (χ4v) is 2.30. The number of H-pyrrole nitrogens is 1. The number of rotatable bonds is 4. The van der Waals surface area contributed by atoms with Crippen LogP contribution in [0.15, 0.2) is 29.5 Å². The summed E-state index contributed by atoms with van der Waals surface area (Å²) in [6.07, 6.45) is 1.57. The summed E-state index contributed by atoms with van der Waals surface area (Å²) in [4.78, 5) is 21.0. The first-order valence-corrected chi connectivity index (χ1v) is 9.65. The van der Waals surface area contributed by atoms with E-state index >= 15 is 0 Å². The van der Waals surface area contributed by atoms with Gasteiger partial charge in [0.15, 0.2) is 0 Å². The molecule has 0 saturated heterocycles. The topological polar surface area (TPSA) is 78.9 Å². The van der Waals surface area contributed by atoms with Gasteiger partial charge in [-0.15, -0.1) is 0 Å². The molecule has 0 saturated carbocycles. The number of halogens is 2. The number of nitrogens with one attached hydrogen (secondary N) is 2. The molecule has 6 nitrogen and oxygen atoms in total. The lowest BCUT2D eigenvalue weighted by molar-refractivity contribution is 0.144. The summed E-state index contributed by atoms with van der Waals surface area (Å²) >= 11 is 0. The normalized spacial score (nSPS) is 10.0. The number of nitrogens with zero attached hydrogens (tertiary/aromatic N) is 4. The van der Waals surface area contributed by atoms with Crippen molar-refractivity contribution in [2.24, 2.45) is 4.99 Å². The molecule has 0 aliphatic heterocycles. The van der Waals surface area contributed by atoms with Gasteiger partial charge in [0.05, 0.1) is 17.1 Å². The third-order valence-corrected chi connectivity index (χ3v) is 3.64. The van der Waals surface area contributed by atoms with E-state index in [0.717, 1.165) is 39.4 Å². The number of pyridine rings is 1. The summed E-state index contributed by atoms with van der Waals surface area (Å²) in [6.45, 7) is 11.4. The largest absolute Gasteiger partial charge is 0.357 e. The van der Waals surface area contributed by atoms with Crippen LogP contribution in [0.3, 0.4) is 0 Å². The van der Waals surface area contributed by atoms with Crippen LogP contribution in [0.1, 0.15) is 46.7 Å². The van der Waals surface area contributed by atoms with Gasteiger partial charge < -0.3 is 10.3 Å². The van der Waals surface area contributed by atoms with E-state index in [1.165, 1.54) is 6.92 Å². The second-order valence-electron chi connectivity index (χ2n) is 6.07. The van der Waals surface area contributed by atoms with Crippen molar-refractivity contribution in [3.8, 4) is 11.3 Å². The van der Waals surface area contributed by atoms with Crippen LogP contribution in [0, 0.1) is 6.92 Å². The van der Waals surface area contributed by atoms with E-state index in [2.05, 4.69) is 30.2 Å². The Hall–Kier alpha value is -2.90. The van der Waals surface area contributed by atoms with Crippen LogP contribution in [0.25, 0.3) is 22.3 Å². The molecule has 2 N–H and O–H groups in total. The standard InChI is InChI=1S/C16H18N6.C3H6F2.C2H6/c1-9(2)20-13-5-6-14(21-10(13)3)11-7-18-15-12(11)8-19-16(17-4)22-15;1-2-3(4)5;1-2/h5-8H,1-4H3,(H2,17,18,19,22);3H,2H2,1H3;1-2H3. The van der Waals surface area contributed by atoms with Gasteiger partial charge in [0.2, 0.25) is 12.4 Å². The van der Waals surface area contributed by atoms with Gasteiger partial charge in [-0.1, -0.05) is 20.8 Å². The fourth-order valence-electron chi connectivity index (χ4n) is 2.30. The Morgan fingerprint density at radius 1 is 1.21 bits per heavy atom. The van der Waals surface area contributed by atoms with Gasteiger partial charge in [0.1, 0.15) is 5.65 Å². The Balaban J connectivity index is 0.000000527. The number of anilines is 1. The average Bonchev–Trinajstić information content (AvgIpc) is 3.14. The highest BCUT2D eigenvalue weighted by Gasteiger charge is 2.11. The Bertz CT molecular complexity index is 930. The second kappa shape index (κ2) is 11.8. The molecule has 3 heterocycles. The Labute approximate surface area is 170 Å². The molecule has 0 radical (unpaired) electrons. The molecule has 8 heteroatoms. The van der Waals surface area contributed by atoms with Crippen molar-refractivity contribution >= 4 is 28.4 Å². The predicted molar refractivity (Wildman–Crippen MR) is 117 cm³/mol. The number of fused-ring (bicyclic) bond motifs is 1. The van der Waals surface area contributed by atoms with Crippen LogP contribution in [-0.4, -0.2) is 39.1 Å². The van der Waals surface area contributed by atoms with E-state index in [1.807, 2.05) is 52.9 Å². The minimum absolute atomic E-state index is 0.0278. The molecule has 0 spiro atoms. The maximum absolute atomic E-state index is 10.8. The summed E-state index contributed by atoms with van der Waals surface area (Å²) in [7, 11) is 1.80. The van der Waals surface area contributed by atoms with Gasteiger partial charge in [-0.3, -0.25) is 9.98 Å². The average molecular weight is 405 g/mol. The molecule has 158 valence electrons. The molecule has 0 atom stereocenters.